The quantitative estimate of drug-likeness (QED) is 0.361. The van der Waals surface area contributed by atoms with Gasteiger partial charge < -0.3 is 19.7 Å². The number of methoxy groups -OCH3 is 1. The SMILES string of the molecule is CCNC(=O)C(C)N(Cc1ccc(OC)cc1)C(=O)COc1ccc(S(=O)(=O)Nc2ccc(F)cc2)cc1. The number of amides is 2. The second-order valence-electron chi connectivity index (χ2n) is 8.31. The standard InChI is InChI=1S/C27H30FN3O6S/c1-4-29-27(33)19(2)31(17-20-5-11-23(36-3)12-6-20)26(32)18-37-24-13-15-25(16-14-24)38(34,35)30-22-9-7-21(28)8-10-22/h5-16,19,30H,4,17-18H2,1-3H3,(H,29,33). The fourth-order valence-corrected chi connectivity index (χ4v) is 4.57. The van der Waals surface area contributed by atoms with Crippen LogP contribution < -0.4 is 19.5 Å². The smallest absolute Gasteiger partial charge is 0.261 e. The van der Waals surface area contributed by atoms with Gasteiger partial charge in [0, 0.05) is 18.8 Å². The molecule has 0 aliphatic rings. The topological polar surface area (TPSA) is 114 Å². The van der Waals surface area contributed by atoms with Crippen molar-refractivity contribution in [2.75, 3.05) is 25.0 Å². The first-order valence-electron chi connectivity index (χ1n) is 11.8. The van der Waals surface area contributed by atoms with Gasteiger partial charge in [0.2, 0.25) is 5.91 Å². The minimum Gasteiger partial charge on any atom is -0.497 e. The van der Waals surface area contributed by atoms with Crippen molar-refractivity contribution in [2.24, 2.45) is 0 Å². The minimum absolute atomic E-state index is 0.0357. The van der Waals surface area contributed by atoms with E-state index in [-0.39, 0.29) is 35.4 Å². The van der Waals surface area contributed by atoms with Crippen LogP contribution in [0.5, 0.6) is 11.5 Å². The summed E-state index contributed by atoms with van der Waals surface area (Å²) in [5, 5.41) is 2.72. The average Bonchev–Trinajstić information content (AvgIpc) is 2.92. The number of hydrogen-bond acceptors (Lipinski definition) is 6. The Balaban J connectivity index is 1.68. The molecule has 0 spiro atoms. The highest BCUT2D eigenvalue weighted by Crippen LogP contribution is 2.20. The van der Waals surface area contributed by atoms with Gasteiger partial charge in [-0.25, -0.2) is 12.8 Å². The maximum atomic E-state index is 13.1. The predicted octanol–water partition coefficient (Wildman–Crippen LogP) is 3.57. The summed E-state index contributed by atoms with van der Waals surface area (Å²) in [6, 6.07) is 16.8. The van der Waals surface area contributed by atoms with Crippen molar-refractivity contribution in [3.8, 4) is 11.5 Å². The molecular weight excluding hydrogens is 513 g/mol. The van der Waals surface area contributed by atoms with Gasteiger partial charge in [-0.15, -0.1) is 0 Å². The summed E-state index contributed by atoms with van der Waals surface area (Å²) < 4.78 is 51.4. The monoisotopic (exact) mass is 543 g/mol. The summed E-state index contributed by atoms with van der Waals surface area (Å²) in [6.45, 7) is 3.68. The molecule has 2 N–H and O–H groups in total. The molecule has 0 saturated heterocycles. The van der Waals surface area contributed by atoms with Crippen molar-refractivity contribution in [1.82, 2.24) is 10.2 Å². The Hall–Kier alpha value is -4.12. The van der Waals surface area contributed by atoms with Crippen molar-refractivity contribution in [1.29, 1.82) is 0 Å². The third-order valence-electron chi connectivity index (χ3n) is 5.62. The molecule has 1 unspecified atom stereocenters. The number of ether oxygens (including phenoxy) is 2. The van der Waals surface area contributed by atoms with Gasteiger partial charge in [-0.3, -0.25) is 14.3 Å². The maximum absolute atomic E-state index is 13.1. The molecule has 2 amide bonds. The Morgan fingerprint density at radius 3 is 2.13 bits per heavy atom. The van der Waals surface area contributed by atoms with Crippen LogP contribution in [0.2, 0.25) is 0 Å². The van der Waals surface area contributed by atoms with Crippen molar-refractivity contribution in [3.63, 3.8) is 0 Å². The minimum atomic E-state index is -3.91. The zero-order chi connectivity index (χ0) is 27.7. The van der Waals surface area contributed by atoms with E-state index in [9.17, 15) is 22.4 Å². The molecular formula is C27H30FN3O6S. The van der Waals surface area contributed by atoms with Crippen LogP contribution in [0.4, 0.5) is 10.1 Å². The molecule has 0 fully saturated rings. The number of benzene rings is 3. The van der Waals surface area contributed by atoms with Crippen LogP contribution in [0.3, 0.4) is 0 Å². The van der Waals surface area contributed by atoms with Crippen LogP contribution in [0.15, 0.2) is 77.7 Å². The van der Waals surface area contributed by atoms with Crippen LogP contribution >= 0.6 is 0 Å². The number of hydrogen-bond donors (Lipinski definition) is 2. The van der Waals surface area contributed by atoms with E-state index in [1.54, 1.807) is 33.1 Å². The van der Waals surface area contributed by atoms with Gasteiger partial charge in [0.25, 0.3) is 15.9 Å². The zero-order valence-corrected chi connectivity index (χ0v) is 22.1. The third-order valence-corrected chi connectivity index (χ3v) is 7.02. The lowest BCUT2D eigenvalue weighted by Gasteiger charge is -2.28. The van der Waals surface area contributed by atoms with E-state index >= 15 is 0 Å². The van der Waals surface area contributed by atoms with Gasteiger partial charge in [-0.2, -0.15) is 0 Å². The molecule has 1 atom stereocenters. The third kappa shape index (κ3) is 7.69. The van der Waals surface area contributed by atoms with E-state index in [0.717, 1.165) is 17.7 Å². The van der Waals surface area contributed by atoms with E-state index in [1.807, 2.05) is 12.1 Å². The zero-order valence-electron chi connectivity index (χ0n) is 21.3. The van der Waals surface area contributed by atoms with E-state index in [1.165, 1.54) is 41.3 Å². The summed E-state index contributed by atoms with van der Waals surface area (Å²) in [4.78, 5) is 27.0. The molecule has 3 aromatic carbocycles. The van der Waals surface area contributed by atoms with E-state index in [4.69, 9.17) is 9.47 Å². The van der Waals surface area contributed by atoms with Gasteiger partial charge in [0.15, 0.2) is 6.61 Å². The fourth-order valence-electron chi connectivity index (χ4n) is 3.51. The fraction of sp³-hybridized carbons (Fsp3) is 0.259. The normalized spacial score (nSPS) is 11.8. The molecule has 0 aliphatic carbocycles. The van der Waals surface area contributed by atoms with E-state index < -0.39 is 27.8 Å². The van der Waals surface area contributed by atoms with Gasteiger partial charge in [-0.1, -0.05) is 12.1 Å². The second kappa shape index (κ2) is 12.9. The number of anilines is 1. The first-order chi connectivity index (χ1) is 18.1. The van der Waals surface area contributed by atoms with Crippen molar-refractivity contribution in [2.45, 2.75) is 31.3 Å². The molecule has 0 aliphatic heterocycles. The Labute approximate surface area is 221 Å². The molecule has 0 radical (unpaired) electrons. The number of sulfonamides is 1. The highest BCUT2D eigenvalue weighted by Gasteiger charge is 2.26. The molecule has 0 bridgehead atoms. The average molecular weight is 544 g/mol. The summed E-state index contributed by atoms with van der Waals surface area (Å²) in [5.74, 6) is -0.252. The van der Waals surface area contributed by atoms with Crippen LogP contribution in [0, 0.1) is 5.82 Å². The summed E-state index contributed by atoms with van der Waals surface area (Å²) in [7, 11) is -2.35. The number of halogens is 1. The summed E-state index contributed by atoms with van der Waals surface area (Å²) in [5.41, 5.74) is 1.02. The lowest BCUT2D eigenvalue weighted by Crippen LogP contribution is -2.49. The Morgan fingerprint density at radius 1 is 0.947 bits per heavy atom. The predicted molar refractivity (Wildman–Crippen MR) is 141 cm³/mol. The number of carbonyl (C=O) groups is 2. The van der Waals surface area contributed by atoms with Crippen LogP contribution in [-0.2, 0) is 26.2 Å². The Morgan fingerprint density at radius 2 is 1.55 bits per heavy atom. The molecule has 0 saturated carbocycles. The van der Waals surface area contributed by atoms with Gasteiger partial charge in [0.05, 0.1) is 12.0 Å². The second-order valence-corrected chi connectivity index (χ2v) is 10.00. The summed E-state index contributed by atoms with van der Waals surface area (Å²) in [6.07, 6.45) is 0. The molecule has 11 heteroatoms. The Kier molecular flexibility index (Phi) is 9.66. The van der Waals surface area contributed by atoms with E-state index in [0.29, 0.717) is 12.3 Å². The number of carbonyl (C=O) groups excluding carboxylic acids is 2. The highest BCUT2D eigenvalue weighted by molar-refractivity contribution is 7.92. The summed E-state index contributed by atoms with van der Waals surface area (Å²) >= 11 is 0. The van der Waals surface area contributed by atoms with Gasteiger partial charge in [-0.05, 0) is 80.1 Å². The molecule has 38 heavy (non-hydrogen) atoms. The molecule has 9 nitrogen and oxygen atoms in total. The maximum Gasteiger partial charge on any atom is 0.261 e. The molecule has 3 aromatic rings. The number of likely N-dealkylation sites (N-methyl/N-ethyl adjacent to an activating group) is 1. The van der Waals surface area contributed by atoms with Crippen LogP contribution in [0.1, 0.15) is 19.4 Å². The molecule has 0 aromatic heterocycles. The van der Waals surface area contributed by atoms with Crippen molar-refractivity contribution in [3.05, 3.63) is 84.2 Å². The lowest BCUT2D eigenvalue weighted by atomic mass is 10.1. The van der Waals surface area contributed by atoms with E-state index in [2.05, 4.69) is 10.0 Å². The molecule has 202 valence electrons. The highest BCUT2D eigenvalue weighted by atomic mass is 32.2. The van der Waals surface area contributed by atoms with Crippen molar-refractivity contribution < 1.29 is 31.9 Å². The number of rotatable bonds is 12. The van der Waals surface area contributed by atoms with Crippen LogP contribution in [0.25, 0.3) is 0 Å². The Bertz CT molecular complexity index is 1330. The molecule has 0 heterocycles. The van der Waals surface area contributed by atoms with Gasteiger partial charge >= 0.3 is 0 Å². The molecule has 3 rings (SSSR count). The lowest BCUT2D eigenvalue weighted by molar-refractivity contribution is -0.142. The number of nitrogens with one attached hydrogen (secondary N) is 2. The first-order valence-corrected chi connectivity index (χ1v) is 13.3. The first kappa shape index (κ1) is 28.5. The van der Waals surface area contributed by atoms with Crippen molar-refractivity contribution >= 4 is 27.5 Å². The number of nitrogens with zero attached hydrogens (tertiary/aromatic N) is 1. The van der Waals surface area contributed by atoms with Gasteiger partial charge in [0.1, 0.15) is 23.4 Å². The van der Waals surface area contributed by atoms with Crippen LogP contribution in [-0.4, -0.2) is 51.4 Å². The largest absolute Gasteiger partial charge is 0.497 e.